The summed E-state index contributed by atoms with van der Waals surface area (Å²) in [5, 5.41) is 6.26. The Morgan fingerprint density at radius 1 is 1.32 bits per heavy atom. The highest BCUT2D eigenvalue weighted by molar-refractivity contribution is 7.09. The molecule has 1 heterocycles. The van der Waals surface area contributed by atoms with Crippen LogP contribution in [0.2, 0.25) is 0 Å². The summed E-state index contributed by atoms with van der Waals surface area (Å²) in [6.45, 7) is 2.84. The molecule has 2 rings (SSSR count). The van der Waals surface area contributed by atoms with Crippen molar-refractivity contribution in [2.45, 2.75) is 13.2 Å². The molecule has 102 valence electrons. The number of para-hydroxylation sites is 1. The lowest BCUT2D eigenvalue weighted by molar-refractivity contribution is 0.199. The number of aromatic nitrogens is 1. The average molecular weight is 278 g/mol. The number of nitrogens with one attached hydrogen (secondary N) is 1. The lowest BCUT2D eigenvalue weighted by atomic mass is 10.2. The van der Waals surface area contributed by atoms with Crippen molar-refractivity contribution in [1.82, 2.24) is 10.3 Å². The van der Waals surface area contributed by atoms with Gasteiger partial charge < -0.3 is 14.8 Å². The van der Waals surface area contributed by atoms with Crippen molar-refractivity contribution in [3.05, 3.63) is 46.4 Å². The first-order valence-corrected chi connectivity index (χ1v) is 7.07. The molecule has 0 fully saturated rings. The molecule has 0 atom stereocenters. The normalized spacial score (nSPS) is 10.6. The zero-order chi connectivity index (χ0) is 13.3. The molecule has 1 aromatic carbocycles. The summed E-state index contributed by atoms with van der Waals surface area (Å²) in [6, 6.07) is 8.05. The fourth-order valence-corrected chi connectivity index (χ4v) is 2.18. The highest BCUT2D eigenvalue weighted by atomic mass is 32.1. The highest BCUT2D eigenvalue weighted by Crippen LogP contribution is 2.19. The molecule has 0 saturated heterocycles. The Bertz CT molecular complexity index is 474. The summed E-state index contributed by atoms with van der Waals surface area (Å²) in [4.78, 5) is 4.21. The number of hydrogen-bond acceptors (Lipinski definition) is 5. The van der Waals surface area contributed by atoms with Crippen LogP contribution in [0.4, 0.5) is 0 Å². The van der Waals surface area contributed by atoms with E-state index in [4.69, 9.17) is 9.47 Å². The van der Waals surface area contributed by atoms with Crippen molar-refractivity contribution in [2.24, 2.45) is 0 Å². The van der Waals surface area contributed by atoms with E-state index in [2.05, 4.69) is 16.4 Å². The van der Waals surface area contributed by atoms with E-state index in [1.165, 1.54) is 0 Å². The van der Waals surface area contributed by atoms with Crippen molar-refractivity contribution < 1.29 is 9.47 Å². The van der Waals surface area contributed by atoms with Crippen LogP contribution in [0.25, 0.3) is 0 Å². The van der Waals surface area contributed by atoms with Gasteiger partial charge in [0, 0.05) is 37.3 Å². The fraction of sp³-hybridized carbons (Fsp3) is 0.357. The first-order chi connectivity index (χ1) is 9.40. The van der Waals surface area contributed by atoms with Gasteiger partial charge >= 0.3 is 0 Å². The maximum atomic E-state index is 5.82. The van der Waals surface area contributed by atoms with Gasteiger partial charge in [-0.25, -0.2) is 4.98 Å². The van der Waals surface area contributed by atoms with Crippen molar-refractivity contribution in [3.63, 3.8) is 0 Å². The summed E-state index contributed by atoms with van der Waals surface area (Å²) in [5.41, 5.74) is 1.15. The highest BCUT2D eigenvalue weighted by Gasteiger charge is 2.04. The summed E-state index contributed by atoms with van der Waals surface area (Å²) in [6.07, 6.45) is 1.79. The zero-order valence-electron chi connectivity index (χ0n) is 11.0. The molecule has 0 radical (unpaired) electrons. The Morgan fingerprint density at radius 3 is 3.00 bits per heavy atom. The van der Waals surface area contributed by atoms with E-state index in [1.807, 2.05) is 23.6 Å². The zero-order valence-corrected chi connectivity index (χ0v) is 11.8. The molecular weight excluding hydrogens is 260 g/mol. The van der Waals surface area contributed by atoms with Crippen LogP contribution >= 0.6 is 11.3 Å². The van der Waals surface area contributed by atoms with Crippen molar-refractivity contribution in [3.8, 4) is 5.75 Å². The Kier molecular flexibility index (Phi) is 5.81. The summed E-state index contributed by atoms with van der Waals surface area (Å²) in [5.74, 6) is 0.905. The van der Waals surface area contributed by atoms with Gasteiger partial charge in [-0.1, -0.05) is 18.2 Å². The first-order valence-electron chi connectivity index (χ1n) is 6.19. The fourth-order valence-electron chi connectivity index (χ4n) is 1.65. The quantitative estimate of drug-likeness (QED) is 0.753. The lowest BCUT2D eigenvalue weighted by Crippen LogP contribution is -2.19. The van der Waals surface area contributed by atoms with E-state index in [1.54, 1.807) is 24.6 Å². The maximum absolute atomic E-state index is 5.82. The van der Waals surface area contributed by atoms with Crippen LogP contribution in [0.1, 0.15) is 10.6 Å². The summed E-state index contributed by atoms with van der Waals surface area (Å²) in [7, 11) is 1.70. The van der Waals surface area contributed by atoms with E-state index >= 15 is 0 Å². The van der Waals surface area contributed by atoms with Crippen LogP contribution in [-0.2, 0) is 17.9 Å². The van der Waals surface area contributed by atoms with Gasteiger partial charge in [-0.15, -0.1) is 11.3 Å². The van der Waals surface area contributed by atoms with E-state index in [0.29, 0.717) is 13.2 Å². The number of nitrogens with zero attached hydrogens (tertiary/aromatic N) is 1. The number of rotatable bonds is 8. The van der Waals surface area contributed by atoms with Crippen LogP contribution in [-0.4, -0.2) is 25.2 Å². The van der Waals surface area contributed by atoms with E-state index in [0.717, 1.165) is 29.4 Å². The van der Waals surface area contributed by atoms with E-state index in [9.17, 15) is 0 Å². The monoisotopic (exact) mass is 278 g/mol. The van der Waals surface area contributed by atoms with Crippen LogP contribution in [0, 0.1) is 0 Å². The third-order valence-electron chi connectivity index (χ3n) is 2.61. The molecule has 0 aliphatic rings. The minimum Gasteiger partial charge on any atom is -0.486 e. The third-order valence-corrected chi connectivity index (χ3v) is 3.36. The smallest absolute Gasteiger partial charge is 0.140 e. The van der Waals surface area contributed by atoms with Crippen LogP contribution in [0.15, 0.2) is 35.8 Å². The molecule has 1 N–H and O–H groups in total. The van der Waals surface area contributed by atoms with Gasteiger partial charge in [-0.2, -0.15) is 0 Å². The van der Waals surface area contributed by atoms with Crippen molar-refractivity contribution in [2.75, 3.05) is 20.3 Å². The number of methoxy groups -OCH3 is 1. The Labute approximate surface area is 117 Å². The molecule has 1 aromatic heterocycles. The minimum absolute atomic E-state index is 0.521. The number of thiazole rings is 1. The third kappa shape index (κ3) is 4.63. The Balaban J connectivity index is 1.88. The minimum atomic E-state index is 0.521. The van der Waals surface area contributed by atoms with Crippen LogP contribution in [0.3, 0.4) is 0 Å². The SMILES string of the molecule is COCCNCc1ccccc1OCc1nccs1. The van der Waals surface area contributed by atoms with Gasteiger partial charge in [0.1, 0.15) is 17.4 Å². The lowest BCUT2D eigenvalue weighted by Gasteiger charge is -2.11. The maximum Gasteiger partial charge on any atom is 0.140 e. The van der Waals surface area contributed by atoms with Crippen LogP contribution in [0.5, 0.6) is 5.75 Å². The Morgan fingerprint density at radius 2 is 2.21 bits per heavy atom. The van der Waals surface area contributed by atoms with Gasteiger partial charge in [-0.3, -0.25) is 0 Å². The van der Waals surface area contributed by atoms with E-state index < -0.39 is 0 Å². The second kappa shape index (κ2) is 7.89. The molecule has 0 aliphatic carbocycles. The topological polar surface area (TPSA) is 43.4 Å². The largest absolute Gasteiger partial charge is 0.486 e. The van der Waals surface area contributed by atoms with Crippen molar-refractivity contribution in [1.29, 1.82) is 0 Å². The second-order valence-corrected chi connectivity index (χ2v) is 4.97. The predicted molar refractivity (Wildman–Crippen MR) is 76.5 cm³/mol. The van der Waals surface area contributed by atoms with Gasteiger partial charge in [0.05, 0.1) is 6.61 Å². The molecule has 0 saturated carbocycles. The van der Waals surface area contributed by atoms with Gasteiger partial charge in [-0.05, 0) is 6.07 Å². The molecule has 19 heavy (non-hydrogen) atoms. The van der Waals surface area contributed by atoms with E-state index in [-0.39, 0.29) is 0 Å². The number of ether oxygens (including phenoxy) is 2. The first kappa shape index (κ1) is 14.0. The second-order valence-electron chi connectivity index (χ2n) is 3.99. The molecule has 2 aromatic rings. The molecule has 5 heteroatoms. The Hall–Kier alpha value is -1.43. The molecule has 0 spiro atoms. The molecule has 0 unspecified atom stereocenters. The van der Waals surface area contributed by atoms with Crippen molar-refractivity contribution >= 4 is 11.3 Å². The number of hydrogen-bond donors (Lipinski definition) is 1. The summed E-state index contributed by atoms with van der Waals surface area (Å²) >= 11 is 1.60. The average Bonchev–Trinajstić information content (AvgIpc) is 2.96. The number of benzene rings is 1. The molecule has 0 bridgehead atoms. The molecule has 0 amide bonds. The predicted octanol–water partition coefficient (Wildman–Crippen LogP) is 2.46. The molecule has 0 aliphatic heterocycles. The molecular formula is C14H18N2O2S. The van der Waals surface area contributed by atoms with Crippen LogP contribution < -0.4 is 10.1 Å². The van der Waals surface area contributed by atoms with Gasteiger partial charge in [0.15, 0.2) is 0 Å². The summed E-state index contributed by atoms with van der Waals surface area (Å²) < 4.78 is 10.8. The van der Waals surface area contributed by atoms with Gasteiger partial charge in [0.25, 0.3) is 0 Å². The standard InChI is InChI=1S/C14H18N2O2S/c1-17-8-6-15-10-12-4-2-3-5-13(12)18-11-14-16-7-9-19-14/h2-5,7,9,15H,6,8,10-11H2,1H3. The van der Waals surface area contributed by atoms with Gasteiger partial charge in [0.2, 0.25) is 0 Å². The molecule has 4 nitrogen and oxygen atoms in total.